The van der Waals surface area contributed by atoms with Crippen molar-refractivity contribution < 1.29 is 27.8 Å². The minimum atomic E-state index is -3.21. The highest BCUT2D eigenvalue weighted by Crippen LogP contribution is 2.45. The van der Waals surface area contributed by atoms with Gasteiger partial charge in [0.05, 0.1) is 19.3 Å². The van der Waals surface area contributed by atoms with E-state index in [0.29, 0.717) is 30.4 Å². The molecule has 5 rings (SSSR count). The van der Waals surface area contributed by atoms with Crippen LogP contribution in [-0.2, 0) is 6.42 Å². The Hall–Kier alpha value is -2.49. The number of fused-ring (bicyclic) bond motifs is 2. The number of rotatable bonds is 9. The number of aliphatic hydroxyl groups excluding tert-OH is 1. The third-order valence-electron chi connectivity index (χ3n) is 7.46. The van der Waals surface area contributed by atoms with Gasteiger partial charge in [-0.15, -0.1) is 0 Å². The van der Waals surface area contributed by atoms with E-state index in [-0.39, 0.29) is 19.5 Å². The number of alkyl halides is 3. The number of halogens is 3. The zero-order valence-electron chi connectivity index (χ0n) is 20.6. The lowest BCUT2D eigenvalue weighted by atomic mass is 9.84. The normalized spacial score (nSPS) is 24.2. The summed E-state index contributed by atoms with van der Waals surface area (Å²) in [6, 6.07) is 11.6. The SMILES string of the molecule is C[C@@H]1Cc2cc3c(cc2[C@@H](c2ccc(NC4CCN(CCCF)C4)cc2)N1CC(F)(F)CO)OCO3. The smallest absolute Gasteiger partial charge is 0.283 e. The standard InChI is InChI=1S/C27H34F3N3O3/c1-18-11-20-12-24-25(36-17-35-24)13-23(20)26(33(18)15-27(29,30)16-34)19-3-5-21(6-4-19)31-22-7-10-32(14-22)9-2-8-28/h3-6,12-13,18,22,26,31,34H,2,7-11,14-17H2,1H3/t18-,22?,26-/m1/s1. The Morgan fingerprint density at radius 2 is 1.89 bits per heavy atom. The van der Waals surface area contributed by atoms with Gasteiger partial charge in [-0.3, -0.25) is 9.29 Å². The Morgan fingerprint density at radius 1 is 1.14 bits per heavy atom. The molecule has 0 saturated carbocycles. The van der Waals surface area contributed by atoms with Gasteiger partial charge < -0.3 is 24.8 Å². The van der Waals surface area contributed by atoms with Crippen molar-refractivity contribution in [3.8, 4) is 11.5 Å². The summed E-state index contributed by atoms with van der Waals surface area (Å²) in [5, 5.41) is 12.8. The maximum Gasteiger partial charge on any atom is 0.283 e. The van der Waals surface area contributed by atoms with Crippen molar-refractivity contribution in [3.63, 3.8) is 0 Å². The predicted octanol–water partition coefficient (Wildman–Crippen LogP) is 4.22. The minimum Gasteiger partial charge on any atom is -0.454 e. The Bertz CT molecular complexity index is 1050. The predicted molar refractivity (Wildman–Crippen MR) is 132 cm³/mol. The molecule has 36 heavy (non-hydrogen) atoms. The monoisotopic (exact) mass is 505 g/mol. The lowest BCUT2D eigenvalue weighted by Gasteiger charge is -2.43. The number of aliphatic hydroxyl groups is 1. The van der Waals surface area contributed by atoms with Gasteiger partial charge in [0.2, 0.25) is 6.79 Å². The van der Waals surface area contributed by atoms with Crippen LogP contribution in [0.5, 0.6) is 11.5 Å². The number of nitrogens with one attached hydrogen (secondary N) is 1. The summed E-state index contributed by atoms with van der Waals surface area (Å²) in [6.07, 6.45) is 2.16. The first-order chi connectivity index (χ1) is 17.4. The summed E-state index contributed by atoms with van der Waals surface area (Å²) in [5.41, 5.74) is 3.85. The molecule has 2 aromatic rings. The van der Waals surface area contributed by atoms with E-state index in [0.717, 1.165) is 48.4 Å². The van der Waals surface area contributed by atoms with E-state index in [9.17, 15) is 18.3 Å². The maximum atomic E-state index is 14.4. The van der Waals surface area contributed by atoms with Gasteiger partial charge in [0.15, 0.2) is 11.5 Å². The van der Waals surface area contributed by atoms with Gasteiger partial charge in [-0.1, -0.05) is 12.1 Å². The van der Waals surface area contributed by atoms with E-state index >= 15 is 0 Å². The fourth-order valence-corrected chi connectivity index (χ4v) is 5.67. The Balaban J connectivity index is 1.40. The van der Waals surface area contributed by atoms with Gasteiger partial charge in [0.25, 0.3) is 5.92 Å². The number of hydrogen-bond acceptors (Lipinski definition) is 6. The van der Waals surface area contributed by atoms with E-state index in [1.54, 1.807) is 4.90 Å². The second-order valence-electron chi connectivity index (χ2n) is 10.1. The molecule has 9 heteroatoms. The van der Waals surface area contributed by atoms with Gasteiger partial charge >= 0.3 is 0 Å². The molecule has 3 aliphatic heterocycles. The van der Waals surface area contributed by atoms with Crippen LogP contribution in [0.15, 0.2) is 36.4 Å². The lowest BCUT2D eigenvalue weighted by molar-refractivity contribution is -0.0862. The molecule has 1 saturated heterocycles. The average molecular weight is 506 g/mol. The average Bonchev–Trinajstić information content (AvgIpc) is 3.51. The minimum absolute atomic E-state index is 0.150. The number of likely N-dealkylation sites (tertiary alicyclic amines) is 1. The zero-order valence-corrected chi connectivity index (χ0v) is 20.6. The fraction of sp³-hybridized carbons (Fsp3) is 0.556. The second-order valence-corrected chi connectivity index (χ2v) is 10.1. The molecular formula is C27H34F3N3O3. The van der Waals surface area contributed by atoms with Crippen molar-refractivity contribution in [1.82, 2.24) is 9.80 Å². The van der Waals surface area contributed by atoms with Crippen LogP contribution in [0.25, 0.3) is 0 Å². The van der Waals surface area contributed by atoms with Gasteiger partial charge in [-0.05, 0) is 67.1 Å². The second kappa shape index (κ2) is 10.5. The molecule has 1 fully saturated rings. The summed E-state index contributed by atoms with van der Waals surface area (Å²) >= 11 is 0. The summed E-state index contributed by atoms with van der Waals surface area (Å²) in [7, 11) is 0. The fourth-order valence-electron chi connectivity index (χ4n) is 5.67. The molecule has 0 bridgehead atoms. The first-order valence-corrected chi connectivity index (χ1v) is 12.7. The molecule has 3 atom stereocenters. The molecular weight excluding hydrogens is 471 g/mol. The number of hydrogen-bond donors (Lipinski definition) is 2. The summed E-state index contributed by atoms with van der Waals surface area (Å²) < 4.78 is 52.5. The molecule has 196 valence electrons. The largest absolute Gasteiger partial charge is 0.454 e. The van der Waals surface area contributed by atoms with E-state index < -0.39 is 25.1 Å². The third-order valence-corrected chi connectivity index (χ3v) is 7.46. The van der Waals surface area contributed by atoms with Crippen LogP contribution >= 0.6 is 0 Å². The molecule has 6 nitrogen and oxygen atoms in total. The van der Waals surface area contributed by atoms with Gasteiger partial charge in [-0.2, -0.15) is 0 Å². The van der Waals surface area contributed by atoms with Crippen LogP contribution in [0, 0.1) is 0 Å². The van der Waals surface area contributed by atoms with E-state index in [1.807, 2.05) is 43.3 Å². The van der Waals surface area contributed by atoms with Crippen LogP contribution in [0.2, 0.25) is 0 Å². The van der Waals surface area contributed by atoms with E-state index in [1.165, 1.54) is 0 Å². The highest BCUT2D eigenvalue weighted by atomic mass is 19.3. The van der Waals surface area contributed by atoms with Crippen molar-refractivity contribution in [3.05, 3.63) is 53.1 Å². The number of ether oxygens (including phenoxy) is 2. The summed E-state index contributed by atoms with van der Waals surface area (Å²) in [4.78, 5) is 4.05. The summed E-state index contributed by atoms with van der Waals surface area (Å²) in [5.74, 6) is -1.90. The molecule has 1 unspecified atom stereocenters. The van der Waals surface area contributed by atoms with Crippen LogP contribution in [0.4, 0.5) is 18.9 Å². The van der Waals surface area contributed by atoms with Gasteiger partial charge in [0.1, 0.15) is 6.61 Å². The van der Waals surface area contributed by atoms with Crippen LogP contribution < -0.4 is 14.8 Å². The van der Waals surface area contributed by atoms with E-state index in [2.05, 4.69) is 10.2 Å². The molecule has 0 aliphatic carbocycles. The van der Waals surface area contributed by atoms with Gasteiger partial charge in [-0.25, -0.2) is 8.78 Å². The number of benzene rings is 2. The Kier molecular flexibility index (Phi) is 7.32. The van der Waals surface area contributed by atoms with Crippen molar-refractivity contribution in [2.75, 3.05) is 51.6 Å². The first kappa shape index (κ1) is 25.2. The number of anilines is 1. The highest BCUT2D eigenvalue weighted by molar-refractivity contribution is 5.54. The lowest BCUT2D eigenvalue weighted by Crippen LogP contribution is -2.49. The molecule has 0 aromatic heterocycles. The van der Waals surface area contributed by atoms with Crippen molar-refractivity contribution >= 4 is 5.69 Å². The molecule has 0 amide bonds. The topological polar surface area (TPSA) is 57.2 Å². The van der Waals surface area contributed by atoms with Crippen LogP contribution in [0.3, 0.4) is 0 Å². The van der Waals surface area contributed by atoms with Crippen molar-refractivity contribution in [2.45, 2.75) is 50.2 Å². The Labute approximate surface area is 210 Å². The van der Waals surface area contributed by atoms with E-state index in [4.69, 9.17) is 9.47 Å². The first-order valence-electron chi connectivity index (χ1n) is 12.7. The molecule has 3 heterocycles. The van der Waals surface area contributed by atoms with Crippen molar-refractivity contribution in [2.24, 2.45) is 0 Å². The van der Waals surface area contributed by atoms with Crippen LogP contribution in [0.1, 0.15) is 42.5 Å². The molecule has 2 aromatic carbocycles. The summed E-state index contributed by atoms with van der Waals surface area (Å²) in [6.45, 7) is 2.69. The zero-order chi connectivity index (χ0) is 25.3. The van der Waals surface area contributed by atoms with Gasteiger partial charge in [0, 0.05) is 37.4 Å². The highest BCUT2D eigenvalue weighted by Gasteiger charge is 2.41. The van der Waals surface area contributed by atoms with Crippen molar-refractivity contribution in [1.29, 1.82) is 0 Å². The quantitative estimate of drug-likeness (QED) is 0.532. The maximum absolute atomic E-state index is 14.4. The molecule has 3 aliphatic rings. The molecule has 0 radical (unpaired) electrons. The number of nitrogens with zero attached hydrogens (tertiary/aromatic N) is 2. The molecule has 2 N–H and O–H groups in total. The molecule has 0 spiro atoms. The van der Waals surface area contributed by atoms with Crippen LogP contribution in [-0.4, -0.2) is 79.2 Å². The Morgan fingerprint density at radius 3 is 2.61 bits per heavy atom. The third kappa shape index (κ3) is 5.28.